The van der Waals surface area contributed by atoms with Crippen LogP contribution >= 0.6 is 0 Å². The van der Waals surface area contributed by atoms with E-state index in [-0.39, 0.29) is 11.6 Å². The zero-order valence-corrected chi connectivity index (χ0v) is 26.3. The van der Waals surface area contributed by atoms with Crippen molar-refractivity contribution in [3.8, 4) is 0 Å². The highest BCUT2D eigenvalue weighted by Crippen LogP contribution is 2.45. The molecule has 0 bridgehead atoms. The third-order valence-electron chi connectivity index (χ3n) is 9.41. The third-order valence-corrected chi connectivity index (χ3v) is 9.41. The van der Waals surface area contributed by atoms with Gasteiger partial charge in [0.1, 0.15) is 0 Å². The first-order valence-corrected chi connectivity index (χ1v) is 15.9. The molecule has 0 radical (unpaired) electrons. The fourth-order valence-electron chi connectivity index (χ4n) is 7.62. The van der Waals surface area contributed by atoms with E-state index in [1.54, 1.807) is 0 Å². The SMILES string of the molecule is CCCN(CCC)C(N(CC)CC)(N(C1CCCCC1)C1CCCCC1)N(C(C)C)C(C)(C)N(C)C. The first kappa shape index (κ1) is 32.0. The van der Waals surface area contributed by atoms with E-state index in [1.165, 1.54) is 77.0 Å². The van der Waals surface area contributed by atoms with Crippen LogP contribution in [0.15, 0.2) is 0 Å². The zero-order chi connectivity index (χ0) is 26.9. The maximum absolute atomic E-state index is 3.16. The van der Waals surface area contributed by atoms with Crippen molar-refractivity contribution in [2.75, 3.05) is 40.3 Å². The van der Waals surface area contributed by atoms with Gasteiger partial charge in [-0.05, 0) is 93.4 Å². The Balaban J connectivity index is 2.96. The Kier molecular flexibility index (Phi) is 13.2. The summed E-state index contributed by atoms with van der Waals surface area (Å²) in [6.07, 6.45) is 16.2. The topological polar surface area (TPSA) is 16.2 Å². The molecule has 0 spiro atoms. The van der Waals surface area contributed by atoms with E-state index in [4.69, 9.17) is 0 Å². The molecular formula is C31H65N5. The maximum atomic E-state index is 3.16. The minimum Gasteiger partial charge on any atom is -0.292 e. The summed E-state index contributed by atoms with van der Waals surface area (Å²) in [4.78, 5) is 14.4. The summed E-state index contributed by atoms with van der Waals surface area (Å²) in [5.74, 6) is -0.235. The van der Waals surface area contributed by atoms with Crippen LogP contribution in [0.4, 0.5) is 0 Å². The standard InChI is InChI=1S/C31H65N5/c1-11-25-34(26-12-2)31(33(13-3)14-4,36(27(5)6)30(7,8)32(9)10)35(28-21-17-15-18-22-28)29-23-19-16-20-24-29/h27-29H,11-26H2,1-10H3. The summed E-state index contributed by atoms with van der Waals surface area (Å²) >= 11 is 0. The molecule has 2 saturated carbocycles. The molecule has 0 saturated heterocycles. The molecule has 2 aliphatic rings. The zero-order valence-electron chi connectivity index (χ0n) is 26.3. The number of nitrogens with zero attached hydrogens (tertiary/aromatic N) is 5. The van der Waals surface area contributed by atoms with Gasteiger partial charge in [-0.25, -0.2) is 4.90 Å². The quantitative estimate of drug-likeness (QED) is 0.220. The van der Waals surface area contributed by atoms with Crippen LogP contribution in [0.5, 0.6) is 0 Å². The van der Waals surface area contributed by atoms with Crippen LogP contribution in [-0.4, -0.2) is 94.5 Å². The molecule has 0 aromatic rings. The molecule has 36 heavy (non-hydrogen) atoms. The largest absolute Gasteiger partial charge is 0.292 e. The first-order valence-electron chi connectivity index (χ1n) is 15.9. The molecule has 0 aromatic carbocycles. The van der Waals surface area contributed by atoms with Gasteiger partial charge in [-0.1, -0.05) is 66.2 Å². The predicted molar refractivity (Wildman–Crippen MR) is 158 cm³/mol. The Bertz CT molecular complexity index is 566. The average molecular weight is 508 g/mol. The number of hydrogen-bond acceptors (Lipinski definition) is 5. The Hall–Kier alpha value is -0.200. The lowest BCUT2D eigenvalue weighted by molar-refractivity contribution is -0.327. The summed E-state index contributed by atoms with van der Waals surface area (Å²) in [7, 11) is 4.58. The lowest BCUT2D eigenvalue weighted by atomic mass is 9.87. The van der Waals surface area contributed by atoms with Crippen molar-refractivity contribution in [1.82, 2.24) is 24.5 Å². The van der Waals surface area contributed by atoms with Gasteiger partial charge in [0.05, 0.1) is 5.66 Å². The minimum absolute atomic E-state index is 0.0991. The smallest absolute Gasteiger partial charge is 0.193 e. The molecule has 1 unspecified atom stereocenters. The fourth-order valence-corrected chi connectivity index (χ4v) is 7.62. The molecular weight excluding hydrogens is 442 g/mol. The van der Waals surface area contributed by atoms with Crippen LogP contribution in [0, 0.1) is 0 Å². The van der Waals surface area contributed by atoms with Gasteiger partial charge >= 0.3 is 0 Å². The van der Waals surface area contributed by atoms with E-state index >= 15 is 0 Å². The van der Waals surface area contributed by atoms with Crippen molar-refractivity contribution in [1.29, 1.82) is 0 Å². The van der Waals surface area contributed by atoms with Crippen LogP contribution < -0.4 is 0 Å². The highest BCUT2D eigenvalue weighted by atomic mass is 15.7. The van der Waals surface area contributed by atoms with Crippen molar-refractivity contribution in [3.05, 3.63) is 0 Å². The van der Waals surface area contributed by atoms with Crippen molar-refractivity contribution >= 4 is 0 Å². The van der Waals surface area contributed by atoms with E-state index in [0.717, 1.165) is 26.2 Å². The Labute approximate surface area is 226 Å². The minimum atomic E-state index is -0.235. The summed E-state index contributed by atoms with van der Waals surface area (Å²) in [5, 5.41) is 0. The van der Waals surface area contributed by atoms with E-state index in [0.29, 0.717) is 18.1 Å². The molecule has 0 N–H and O–H groups in total. The van der Waals surface area contributed by atoms with Gasteiger partial charge < -0.3 is 0 Å². The van der Waals surface area contributed by atoms with Gasteiger partial charge in [0, 0.05) is 31.2 Å². The average Bonchev–Trinajstić information content (AvgIpc) is 2.85. The van der Waals surface area contributed by atoms with Crippen molar-refractivity contribution < 1.29 is 0 Å². The van der Waals surface area contributed by atoms with Crippen LogP contribution in [-0.2, 0) is 0 Å². The molecule has 0 amide bonds. The van der Waals surface area contributed by atoms with Gasteiger partial charge in [-0.3, -0.25) is 19.6 Å². The molecule has 0 aliphatic heterocycles. The van der Waals surface area contributed by atoms with E-state index in [2.05, 4.69) is 94.0 Å². The second-order valence-electron chi connectivity index (χ2n) is 12.6. The molecule has 0 heterocycles. The van der Waals surface area contributed by atoms with Crippen molar-refractivity contribution in [2.24, 2.45) is 0 Å². The third kappa shape index (κ3) is 6.68. The monoisotopic (exact) mass is 508 g/mol. The van der Waals surface area contributed by atoms with Gasteiger partial charge in [-0.2, -0.15) is 0 Å². The molecule has 5 nitrogen and oxygen atoms in total. The Morgan fingerprint density at radius 2 is 1.08 bits per heavy atom. The molecule has 214 valence electrons. The second-order valence-corrected chi connectivity index (χ2v) is 12.6. The summed E-state index contributed by atoms with van der Waals surface area (Å²) in [6.45, 7) is 23.9. The van der Waals surface area contributed by atoms with E-state index in [1.807, 2.05) is 0 Å². The van der Waals surface area contributed by atoms with E-state index < -0.39 is 0 Å². The highest BCUT2D eigenvalue weighted by molar-refractivity contribution is 5.03. The predicted octanol–water partition coefficient (Wildman–Crippen LogP) is 7.04. The van der Waals surface area contributed by atoms with Crippen LogP contribution in [0.3, 0.4) is 0 Å². The van der Waals surface area contributed by atoms with Crippen LogP contribution in [0.1, 0.15) is 132 Å². The highest BCUT2D eigenvalue weighted by Gasteiger charge is 2.59. The van der Waals surface area contributed by atoms with Gasteiger partial charge in [0.15, 0.2) is 5.91 Å². The van der Waals surface area contributed by atoms with Gasteiger partial charge in [0.25, 0.3) is 0 Å². The van der Waals surface area contributed by atoms with Crippen molar-refractivity contribution in [3.63, 3.8) is 0 Å². The normalized spacial score (nSPS) is 21.0. The maximum Gasteiger partial charge on any atom is 0.193 e. The summed E-state index contributed by atoms with van der Waals surface area (Å²) in [5.41, 5.74) is -0.0991. The van der Waals surface area contributed by atoms with Gasteiger partial charge in [-0.15, -0.1) is 0 Å². The lowest BCUT2D eigenvalue weighted by Crippen LogP contribution is -2.85. The molecule has 2 aliphatic carbocycles. The Morgan fingerprint density at radius 3 is 1.39 bits per heavy atom. The van der Waals surface area contributed by atoms with Crippen molar-refractivity contribution in [2.45, 2.75) is 162 Å². The van der Waals surface area contributed by atoms with Crippen LogP contribution in [0.25, 0.3) is 0 Å². The number of hydrogen-bond donors (Lipinski definition) is 0. The summed E-state index contributed by atoms with van der Waals surface area (Å²) < 4.78 is 0. The van der Waals surface area contributed by atoms with Crippen LogP contribution in [0.2, 0.25) is 0 Å². The number of rotatable bonds is 15. The molecule has 0 aromatic heterocycles. The second kappa shape index (κ2) is 14.8. The summed E-state index contributed by atoms with van der Waals surface area (Å²) in [6, 6.07) is 1.74. The van der Waals surface area contributed by atoms with E-state index in [9.17, 15) is 0 Å². The molecule has 1 atom stereocenters. The van der Waals surface area contributed by atoms with Gasteiger partial charge in [0.2, 0.25) is 0 Å². The molecule has 5 heteroatoms. The molecule has 2 fully saturated rings. The first-order chi connectivity index (χ1) is 17.1. The lowest BCUT2D eigenvalue weighted by Gasteiger charge is -2.69. The Morgan fingerprint density at radius 1 is 0.667 bits per heavy atom. The fraction of sp³-hybridized carbons (Fsp3) is 1.00. The molecule has 2 rings (SSSR count).